The van der Waals surface area contributed by atoms with Gasteiger partial charge in [-0.25, -0.2) is 23.6 Å². The van der Waals surface area contributed by atoms with Gasteiger partial charge in [0.05, 0.1) is 76.7 Å². The lowest BCUT2D eigenvalue weighted by Crippen LogP contribution is -2.45. The maximum Gasteiger partial charge on any atom is 0.312 e. The van der Waals surface area contributed by atoms with E-state index in [1.807, 2.05) is 0 Å². The highest BCUT2D eigenvalue weighted by atomic mass is 32.2. The summed E-state index contributed by atoms with van der Waals surface area (Å²) in [5.41, 5.74) is 13.6. The van der Waals surface area contributed by atoms with Crippen LogP contribution in [0.15, 0.2) is 55.0 Å². The second-order valence-electron chi connectivity index (χ2n) is 19.0. The molecular weight excluding hydrogens is 1020 g/mol. The first-order chi connectivity index (χ1) is 36.7. The second kappa shape index (κ2) is 29.8. The maximum absolute atomic E-state index is 15.2. The molecule has 2 heterocycles. The number of ether oxygens (including phenoxy) is 4. The molecule has 0 bridgehead atoms. The molecular formula is C52H72FN10O13S+. The lowest BCUT2D eigenvalue weighted by atomic mass is 9.89. The molecule has 4 amide bonds. The highest BCUT2D eigenvalue weighted by Gasteiger charge is 2.45. The number of ketones is 2. The number of aliphatic hydroxyl groups excluding tert-OH is 2. The van der Waals surface area contributed by atoms with Crippen molar-refractivity contribution in [3.05, 3.63) is 77.5 Å². The van der Waals surface area contributed by atoms with Crippen LogP contribution in [0, 0.1) is 35.4 Å². The topological polar surface area (TPSA) is 345 Å². The second-order valence-corrected chi connectivity index (χ2v) is 20.3. The number of nitrogens with one attached hydrogen (secondary N) is 4. The number of benzene rings is 2. The monoisotopic (exact) mass is 1100 g/mol. The Labute approximate surface area is 447 Å². The molecule has 25 heteroatoms. The van der Waals surface area contributed by atoms with E-state index in [2.05, 4.69) is 37.5 Å². The zero-order valence-corrected chi connectivity index (χ0v) is 44.6. The third-order valence-electron chi connectivity index (χ3n) is 12.7. The minimum atomic E-state index is -4.12. The first-order valence-electron chi connectivity index (χ1n) is 25.4. The van der Waals surface area contributed by atoms with Gasteiger partial charge < -0.3 is 56.6 Å². The van der Waals surface area contributed by atoms with E-state index in [1.54, 1.807) is 66.4 Å². The zero-order valence-electron chi connectivity index (χ0n) is 43.8. The summed E-state index contributed by atoms with van der Waals surface area (Å²) < 4.78 is 66.2. The van der Waals surface area contributed by atoms with Crippen LogP contribution in [0.4, 0.5) is 20.7 Å². The molecule has 1 fully saturated rings. The average molecular weight is 1100 g/mol. The number of Topliss-reactive ketones (excluding diaryl/α,β-unsaturated/α-hetero) is 2. The summed E-state index contributed by atoms with van der Waals surface area (Å²) in [5, 5.41) is 36.3. The normalized spacial score (nSPS) is 17.1. The molecule has 0 aliphatic heterocycles. The fourth-order valence-electron chi connectivity index (χ4n) is 8.78. The molecule has 0 spiro atoms. The Hall–Kier alpha value is -6.63. The number of rotatable bonds is 31. The predicted molar refractivity (Wildman–Crippen MR) is 281 cm³/mol. The van der Waals surface area contributed by atoms with Gasteiger partial charge in [0, 0.05) is 49.9 Å². The number of nitrogens with two attached hydrogens (primary N) is 3. The van der Waals surface area contributed by atoms with Crippen molar-refractivity contribution in [1.29, 1.82) is 0 Å². The van der Waals surface area contributed by atoms with Crippen LogP contribution in [-0.4, -0.2) is 135 Å². The van der Waals surface area contributed by atoms with E-state index in [-0.39, 0.29) is 106 Å². The number of amides is 4. The van der Waals surface area contributed by atoms with Crippen molar-refractivity contribution < 1.29 is 70.5 Å². The quantitative estimate of drug-likeness (QED) is 0.0196. The van der Waals surface area contributed by atoms with E-state index in [1.165, 1.54) is 25.4 Å². The number of hydrogen-bond donors (Lipinski definition) is 9. The summed E-state index contributed by atoms with van der Waals surface area (Å²) in [6, 6.07) is 8.70. The van der Waals surface area contributed by atoms with E-state index >= 15 is 4.39 Å². The van der Waals surface area contributed by atoms with Crippen molar-refractivity contribution in [2.24, 2.45) is 28.6 Å². The van der Waals surface area contributed by atoms with Crippen LogP contribution < -0.4 is 46.6 Å². The van der Waals surface area contributed by atoms with E-state index in [0.717, 1.165) is 0 Å². The number of aromatic nitrogens is 3. The summed E-state index contributed by atoms with van der Waals surface area (Å²) in [7, 11) is -4.12. The molecule has 1 aliphatic rings. The maximum atomic E-state index is 15.2. The van der Waals surface area contributed by atoms with Crippen molar-refractivity contribution in [1.82, 2.24) is 24.9 Å². The summed E-state index contributed by atoms with van der Waals surface area (Å²) >= 11 is 0. The van der Waals surface area contributed by atoms with Gasteiger partial charge in [0.25, 0.3) is 10.2 Å². The third kappa shape index (κ3) is 18.8. The van der Waals surface area contributed by atoms with Crippen LogP contribution >= 0.6 is 0 Å². The van der Waals surface area contributed by atoms with E-state index in [4.69, 9.17) is 35.6 Å². The molecule has 77 heavy (non-hydrogen) atoms. The molecule has 2 aromatic heterocycles. The smallest absolute Gasteiger partial charge is 0.312 e. The van der Waals surface area contributed by atoms with Gasteiger partial charge in [0.15, 0.2) is 5.78 Å². The SMILES string of the molecule is CCOc1cccc(F)c1C#Cc1cn([C@@H]2C[C@H](CNS(N)(=O)=O)[C@@H](O)[C@H]2O)c2c1c(N)nc[n+]2Cc1ccc(NC(=O)[C@H](CCCNC(N)=O)CC(=O)[C@@H](NC(=O)CCOCCOCCOCCC(C)=O)C(C)C)cc1. The number of fused-ring (bicyclic) bond motifs is 1. The molecule has 420 valence electrons. The fourth-order valence-corrected chi connectivity index (χ4v) is 9.23. The molecule has 0 saturated heterocycles. The number of anilines is 2. The Morgan fingerprint density at radius 3 is 2.27 bits per heavy atom. The van der Waals surface area contributed by atoms with Crippen molar-refractivity contribution in [3.8, 4) is 17.6 Å². The Bertz CT molecular complexity index is 2840. The van der Waals surface area contributed by atoms with Gasteiger partial charge in [-0.15, -0.1) is 0 Å². The van der Waals surface area contributed by atoms with Crippen LogP contribution in [0.1, 0.15) is 89.0 Å². The predicted octanol–water partition coefficient (Wildman–Crippen LogP) is 1.49. The summed E-state index contributed by atoms with van der Waals surface area (Å²) in [5.74, 6) is 2.43. The number of nitrogens with zero attached hydrogens (tertiary/aromatic N) is 3. The van der Waals surface area contributed by atoms with Gasteiger partial charge in [-0.3, -0.25) is 23.7 Å². The van der Waals surface area contributed by atoms with Crippen LogP contribution in [-0.2, 0) is 50.1 Å². The molecule has 0 unspecified atom stereocenters. The first kappa shape index (κ1) is 61.2. The largest absolute Gasteiger partial charge is 0.492 e. The molecule has 1 saturated carbocycles. The summed E-state index contributed by atoms with van der Waals surface area (Å²) in [6.45, 7) is 8.71. The van der Waals surface area contributed by atoms with Gasteiger partial charge in [-0.1, -0.05) is 48.9 Å². The minimum Gasteiger partial charge on any atom is -0.492 e. The number of halogens is 1. The molecule has 1 aliphatic carbocycles. The number of carbonyl (C=O) groups excluding carboxylic acids is 5. The van der Waals surface area contributed by atoms with Gasteiger partial charge in [-0.05, 0) is 68.9 Å². The number of hydrogen-bond acceptors (Lipinski definition) is 15. The van der Waals surface area contributed by atoms with Gasteiger partial charge in [0.1, 0.15) is 40.4 Å². The molecule has 12 N–H and O–H groups in total. The number of aliphatic hydroxyl groups is 2. The lowest BCUT2D eigenvalue weighted by molar-refractivity contribution is -0.668. The van der Waals surface area contributed by atoms with Crippen molar-refractivity contribution in [2.45, 2.75) is 97.1 Å². The first-order valence-corrected chi connectivity index (χ1v) is 26.9. The number of urea groups is 1. The third-order valence-corrected chi connectivity index (χ3v) is 13.3. The molecule has 0 radical (unpaired) electrons. The number of primary amides is 1. The van der Waals surface area contributed by atoms with Gasteiger partial charge in [0.2, 0.25) is 29.6 Å². The minimum absolute atomic E-state index is 0.00407. The standard InChI is InChI=1S/C52H71FN10O13S/c1-5-76-43-10-6-9-40(53)39(43)16-13-36-30-63(41-26-37(47(67)48(41)68)28-59-77(56,71)72)51-45(36)49(54)58-31-62(51)29-34-11-14-38(15-12-34)60-50(69)35(8-7-19-57-52(55)70)27-42(65)46(32(2)3)61-44(66)18-21-74-23-25-75-24-22-73-20-17-33(4)64/h6,9-12,14-15,30-32,35,37,41,46-48,54,59,67-68H,5,7-8,17-29H2,1-4H3,(H7,55,56,57,60,61,66,69,70,71,72)/p+1/t35-,37-,41-,46+,47-,48+/m1/s1. The highest BCUT2D eigenvalue weighted by molar-refractivity contribution is 7.87. The van der Waals surface area contributed by atoms with E-state index < -0.39 is 70.0 Å². The fraction of sp³-hybridized carbons (Fsp3) is 0.519. The average Bonchev–Trinajstić information content (AvgIpc) is 3.95. The summed E-state index contributed by atoms with van der Waals surface area (Å²) in [4.78, 5) is 67.6. The molecule has 2 aromatic carbocycles. The number of nitrogen functional groups attached to an aromatic ring is 1. The Morgan fingerprint density at radius 1 is 0.961 bits per heavy atom. The Morgan fingerprint density at radius 2 is 1.64 bits per heavy atom. The van der Waals surface area contributed by atoms with E-state index in [9.17, 15) is 42.6 Å². The van der Waals surface area contributed by atoms with Crippen molar-refractivity contribution in [2.75, 3.05) is 70.4 Å². The molecule has 6 atom stereocenters. The number of carbonyl (C=O) groups is 5. The molecule has 5 rings (SSSR count). The highest BCUT2D eigenvalue weighted by Crippen LogP contribution is 2.38. The summed E-state index contributed by atoms with van der Waals surface area (Å²) in [6.07, 6.45) is 1.06. The van der Waals surface area contributed by atoms with Crippen LogP contribution in [0.25, 0.3) is 11.0 Å². The molecule has 4 aromatic rings. The Kier molecular flexibility index (Phi) is 23.7. The van der Waals surface area contributed by atoms with Crippen LogP contribution in [0.5, 0.6) is 5.75 Å². The molecule has 23 nitrogen and oxygen atoms in total. The van der Waals surface area contributed by atoms with Crippen molar-refractivity contribution >= 4 is 62.2 Å². The van der Waals surface area contributed by atoms with Gasteiger partial charge in [-0.2, -0.15) is 8.42 Å². The van der Waals surface area contributed by atoms with Crippen molar-refractivity contribution in [3.63, 3.8) is 0 Å². The zero-order chi connectivity index (χ0) is 56.2. The van der Waals surface area contributed by atoms with Gasteiger partial charge >= 0.3 is 6.03 Å². The Balaban J connectivity index is 1.32. The lowest BCUT2D eigenvalue weighted by Gasteiger charge is -2.24. The van der Waals surface area contributed by atoms with Crippen LogP contribution in [0.3, 0.4) is 0 Å². The van der Waals surface area contributed by atoms with E-state index in [0.29, 0.717) is 60.5 Å². The van der Waals surface area contributed by atoms with Crippen LogP contribution in [0.2, 0.25) is 0 Å².